The van der Waals surface area contributed by atoms with Gasteiger partial charge in [0, 0.05) is 4.47 Å². The highest BCUT2D eigenvalue weighted by Gasteiger charge is 2.24. The van der Waals surface area contributed by atoms with Crippen molar-refractivity contribution >= 4 is 43.6 Å². The van der Waals surface area contributed by atoms with E-state index in [9.17, 15) is 18.0 Å². The lowest BCUT2D eigenvalue weighted by atomic mass is 10.1. The largest absolute Gasteiger partial charge is 0.465 e. The van der Waals surface area contributed by atoms with Gasteiger partial charge in [-0.1, -0.05) is 15.9 Å². The highest BCUT2D eigenvalue weighted by molar-refractivity contribution is 9.10. The fourth-order valence-corrected chi connectivity index (χ4v) is 3.90. The first-order valence-corrected chi connectivity index (χ1v) is 9.57. The van der Waals surface area contributed by atoms with E-state index in [0.717, 1.165) is 0 Å². The number of anilines is 1. The molecular weight excluding hydrogens is 426 g/mol. The quantitative estimate of drug-likeness (QED) is 0.715. The predicted molar refractivity (Wildman–Crippen MR) is 98.8 cm³/mol. The lowest BCUT2D eigenvalue weighted by Gasteiger charge is -2.14. The molecule has 0 amide bonds. The fourth-order valence-electron chi connectivity index (χ4n) is 2.23. The minimum Gasteiger partial charge on any atom is -0.465 e. The number of hydrogen-bond acceptors (Lipinski definition) is 6. The van der Waals surface area contributed by atoms with Gasteiger partial charge in [-0.15, -0.1) is 0 Å². The van der Waals surface area contributed by atoms with E-state index in [4.69, 9.17) is 0 Å². The second-order valence-electron chi connectivity index (χ2n) is 5.26. The Kier molecular flexibility index (Phi) is 6.04. The second kappa shape index (κ2) is 7.88. The molecule has 0 radical (unpaired) electrons. The molecule has 0 aromatic heterocycles. The van der Waals surface area contributed by atoms with Crippen LogP contribution < -0.4 is 4.72 Å². The highest BCUT2D eigenvalue weighted by Crippen LogP contribution is 2.26. The summed E-state index contributed by atoms with van der Waals surface area (Å²) in [6, 6.07) is 8.58. The summed E-state index contributed by atoms with van der Waals surface area (Å²) in [7, 11) is -1.64. The van der Waals surface area contributed by atoms with Crippen LogP contribution in [0.15, 0.2) is 45.8 Å². The van der Waals surface area contributed by atoms with Gasteiger partial charge in [0.05, 0.1) is 31.0 Å². The van der Waals surface area contributed by atoms with Crippen LogP contribution in [0.2, 0.25) is 0 Å². The van der Waals surface area contributed by atoms with Gasteiger partial charge in [-0.2, -0.15) is 0 Å². The average Bonchev–Trinajstić information content (AvgIpc) is 2.61. The van der Waals surface area contributed by atoms with E-state index in [0.29, 0.717) is 15.6 Å². The molecule has 138 valence electrons. The van der Waals surface area contributed by atoms with Crippen LogP contribution in [-0.2, 0) is 19.5 Å². The van der Waals surface area contributed by atoms with Crippen molar-refractivity contribution in [1.29, 1.82) is 0 Å². The molecule has 0 fully saturated rings. The number of carbonyl (C=O) groups excluding carboxylic acids is 2. The number of carbonyl (C=O) groups is 2. The van der Waals surface area contributed by atoms with Gasteiger partial charge in [0.25, 0.3) is 10.0 Å². The molecule has 0 heterocycles. The summed E-state index contributed by atoms with van der Waals surface area (Å²) in [5.41, 5.74) is 0.995. The fraction of sp³-hybridized carbons (Fsp3) is 0.176. The monoisotopic (exact) mass is 441 g/mol. The summed E-state index contributed by atoms with van der Waals surface area (Å²) in [6.45, 7) is 1.65. The van der Waals surface area contributed by atoms with Crippen molar-refractivity contribution in [3.05, 3.63) is 57.6 Å². The zero-order chi connectivity index (χ0) is 19.5. The molecule has 0 aliphatic heterocycles. The maximum Gasteiger partial charge on any atom is 0.339 e. The van der Waals surface area contributed by atoms with Gasteiger partial charge < -0.3 is 9.47 Å². The molecule has 0 spiro atoms. The predicted octanol–water partition coefficient (Wildman–Crippen LogP) is 3.13. The Bertz CT molecular complexity index is 971. The number of sulfonamides is 1. The van der Waals surface area contributed by atoms with E-state index >= 15 is 0 Å². The van der Waals surface area contributed by atoms with Crippen LogP contribution >= 0.6 is 15.9 Å². The summed E-state index contributed by atoms with van der Waals surface area (Å²) in [5, 5.41) is 0. The van der Waals surface area contributed by atoms with Crippen molar-refractivity contribution in [2.24, 2.45) is 0 Å². The molecular formula is C17H16BrNO6S. The molecule has 7 nitrogen and oxygen atoms in total. The van der Waals surface area contributed by atoms with E-state index in [1.165, 1.54) is 50.6 Å². The molecule has 0 unspecified atom stereocenters. The normalized spacial score (nSPS) is 10.9. The number of benzene rings is 2. The van der Waals surface area contributed by atoms with Gasteiger partial charge in [-0.3, -0.25) is 4.72 Å². The summed E-state index contributed by atoms with van der Waals surface area (Å²) in [6.07, 6.45) is 0. The number of nitrogens with one attached hydrogen (secondary N) is 1. The average molecular weight is 442 g/mol. The SMILES string of the molecule is COC(=O)c1ccc(NS(=O)(=O)c2ccc(Br)cc2C(=O)OC)c(C)c1. The molecule has 26 heavy (non-hydrogen) atoms. The molecule has 1 N–H and O–H groups in total. The number of aryl methyl sites for hydroxylation is 1. The molecule has 2 aromatic rings. The van der Waals surface area contributed by atoms with Crippen LogP contribution in [0.1, 0.15) is 26.3 Å². The van der Waals surface area contributed by atoms with E-state index in [1.54, 1.807) is 6.92 Å². The summed E-state index contributed by atoms with van der Waals surface area (Å²) >= 11 is 3.20. The third kappa shape index (κ3) is 4.23. The molecule has 0 atom stereocenters. The maximum absolute atomic E-state index is 12.8. The van der Waals surface area contributed by atoms with Crippen LogP contribution in [0.5, 0.6) is 0 Å². The van der Waals surface area contributed by atoms with Crippen LogP contribution in [0.4, 0.5) is 5.69 Å². The summed E-state index contributed by atoms with van der Waals surface area (Å²) in [5.74, 6) is -1.30. The number of methoxy groups -OCH3 is 2. The molecule has 0 aliphatic carbocycles. The van der Waals surface area contributed by atoms with E-state index in [1.807, 2.05) is 0 Å². The van der Waals surface area contributed by atoms with Crippen molar-refractivity contribution in [1.82, 2.24) is 0 Å². The zero-order valence-corrected chi connectivity index (χ0v) is 16.6. The van der Waals surface area contributed by atoms with Gasteiger partial charge in [0.15, 0.2) is 0 Å². The van der Waals surface area contributed by atoms with Crippen molar-refractivity contribution < 1.29 is 27.5 Å². The maximum atomic E-state index is 12.8. The van der Waals surface area contributed by atoms with Crippen molar-refractivity contribution in [2.45, 2.75) is 11.8 Å². The Morgan fingerprint density at radius 1 is 1.00 bits per heavy atom. The van der Waals surface area contributed by atoms with Crippen LogP contribution in [-0.4, -0.2) is 34.6 Å². The highest BCUT2D eigenvalue weighted by atomic mass is 79.9. The molecule has 0 saturated carbocycles. The zero-order valence-electron chi connectivity index (χ0n) is 14.2. The van der Waals surface area contributed by atoms with Crippen molar-refractivity contribution in [3.63, 3.8) is 0 Å². The van der Waals surface area contributed by atoms with E-state index in [2.05, 4.69) is 30.1 Å². The number of halogens is 1. The first kappa shape index (κ1) is 19.9. The van der Waals surface area contributed by atoms with E-state index in [-0.39, 0.29) is 16.1 Å². The van der Waals surface area contributed by atoms with Crippen LogP contribution in [0.25, 0.3) is 0 Å². The van der Waals surface area contributed by atoms with Gasteiger partial charge in [-0.25, -0.2) is 18.0 Å². The third-order valence-corrected chi connectivity index (χ3v) is 5.45. The van der Waals surface area contributed by atoms with Gasteiger partial charge in [0.1, 0.15) is 4.90 Å². The molecule has 0 bridgehead atoms. The second-order valence-corrected chi connectivity index (χ2v) is 7.83. The van der Waals surface area contributed by atoms with Gasteiger partial charge in [-0.05, 0) is 48.9 Å². The summed E-state index contributed by atoms with van der Waals surface area (Å²) in [4.78, 5) is 23.3. The van der Waals surface area contributed by atoms with Gasteiger partial charge in [0.2, 0.25) is 0 Å². The number of ether oxygens (including phenoxy) is 2. The third-order valence-electron chi connectivity index (χ3n) is 3.53. The lowest BCUT2D eigenvalue weighted by Crippen LogP contribution is -2.18. The molecule has 2 aromatic carbocycles. The number of esters is 2. The topological polar surface area (TPSA) is 98.8 Å². The molecule has 0 aliphatic rings. The Morgan fingerprint density at radius 3 is 2.23 bits per heavy atom. The standard InChI is InChI=1S/C17H16BrNO6S/c1-10-8-11(16(20)24-2)4-6-14(10)19-26(22,23)15-7-5-12(18)9-13(15)17(21)25-3/h4-9,19H,1-3H3. The minimum atomic E-state index is -4.06. The minimum absolute atomic E-state index is 0.0989. The summed E-state index contributed by atoms with van der Waals surface area (Å²) < 4.78 is 37.8. The van der Waals surface area contributed by atoms with Crippen molar-refractivity contribution in [3.8, 4) is 0 Å². The Morgan fingerprint density at radius 2 is 1.65 bits per heavy atom. The first-order valence-electron chi connectivity index (χ1n) is 7.29. The van der Waals surface area contributed by atoms with E-state index < -0.39 is 22.0 Å². The lowest BCUT2D eigenvalue weighted by molar-refractivity contribution is 0.0589. The molecule has 0 saturated heterocycles. The molecule has 9 heteroatoms. The van der Waals surface area contributed by atoms with Crippen LogP contribution in [0.3, 0.4) is 0 Å². The van der Waals surface area contributed by atoms with Crippen LogP contribution in [0, 0.1) is 6.92 Å². The van der Waals surface area contributed by atoms with Gasteiger partial charge >= 0.3 is 11.9 Å². The number of rotatable bonds is 5. The Labute approximate surface area is 159 Å². The Balaban J connectivity index is 2.44. The first-order chi connectivity index (χ1) is 12.2. The van der Waals surface area contributed by atoms with Crippen molar-refractivity contribution in [2.75, 3.05) is 18.9 Å². The number of hydrogen-bond donors (Lipinski definition) is 1. The Hall–Kier alpha value is -2.39. The molecule has 2 rings (SSSR count). The smallest absolute Gasteiger partial charge is 0.339 e.